The molecule has 27 heavy (non-hydrogen) atoms. The molecule has 4 rings (SSSR count). The lowest BCUT2D eigenvalue weighted by molar-refractivity contribution is 0.263. The second-order valence-electron chi connectivity index (χ2n) is 7.78. The van der Waals surface area contributed by atoms with Gasteiger partial charge in [-0.2, -0.15) is 14.4 Å². The van der Waals surface area contributed by atoms with Gasteiger partial charge in [0.1, 0.15) is 4.90 Å². The number of nitrogens with two attached hydrogens (primary N) is 1. The summed E-state index contributed by atoms with van der Waals surface area (Å²) in [5.41, 5.74) is 6.95. The lowest BCUT2D eigenvalue weighted by Gasteiger charge is -2.30. The average molecular weight is 395 g/mol. The highest BCUT2D eigenvalue weighted by Crippen LogP contribution is 2.36. The van der Waals surface area contributed by atoms with E-state index >= 15 is 0 Å². The van der Waals surface area contributed by atoms with Gasteiger partial charge in [-0.1, -0.05) is 18.0 Å². The number of nitrogens with one attached hydrogen (secondary N) is 1. The Labute approximate surface area is 158 Å². The van der Waals surface area contributed by atoms with Gasteiger partial charge in [0, 0.05) is 13.1 Å². The number of rotatable bonds is 4. The number of sulfonamides is 1. The average Bonchev–Trinajstić information content (AvgIpc) is 3.36. The number of aromatic amines is 1. The third-order valence-corrected chi connectivity index (χ3v) is 7.90. The third-order valence-electron chi connectivity index (χ3n) is 5.77. The molecule has 2 aliphatic rings. The van der Waals surface area contributed by atoms with Crippen LogP contribution in [0.3, 0.4) is 0 Å². The molecule has 0 radical (unpaired) electrons. The van der Waals surface area contributed by atoms with Crippen LogP contribution in [0, 0.1) is 13.8 Å². The SMILES string of the molecule is Cc1n[nH]c(C)c1S(=O)(=O)N1CCCC(c2nc(C3(N)CCCC3)no2)C1. The smallest absolute Gasteiger partial charge is 0.246 e. The second kappa shape index (κ2) is 6.68. The molecule has 1 aliphatic carbocycles. The Bertz CT molecular complexity index is 909. The van der Waals surface area contributed by atoms with Gasteiger partial charge < -0.3 is 10.3 Å². The number of piperidine rings is 1. The number of hydrogen-bond acceptors (Lipinski definition) is 7. The Morgan fingerprint density at radius 1 is 1.26 bits per heavy atom. The summed E-state index contributed by atoms with van der Waals surface area (Å²) in [6, 6.07) is 0. The van der Waals surface area contributed by atoms with E-state index in [0.717, 1.165) is 38.5 Å². The van der Waals surface area contributed by atoms with Crippen LogP contribution in [0.15, 0.2) is 9.42 Å². The zero-order valence-corrected chi connectivity index (χ0v) is 16.5. The Morgan fingerprint density at radius 2 is 2.00 bits per heavy atom. The van der Waals surface area contributed by atoms with Gasteiger partial charge in [0.25, 0.3) is 0 Å². The summed E-state index contributed by atoms with van der Waals surface area (Å²) in [5.74, 6) is 0.922. The van der Waals surface area contributed by atoms with Crippen molar-refractivity contribution in [3.63, 3.8) is 0 Å². The molecule has 0 amide bonds. The van der Waals surface area contributed by atoms with E-state index in [2.05, 4.69) is 20.3 Å². The third kappa shape index (κ3) is 3.19. The molecular weight excluding hydrogens is 368 g/mol. The van der Waals surface area contributed by atoms with Crippen molar-refractivity contribution in [3.05, 3.63) is 23.1 Å². The van der Waals surface area contributed by atoms with E-state index in [0.29, 0.717) is 36.2 Å². The molecule has 0 aromatic carbocycles. The largest absolute Gasteiger partial charge is 0.339 e. The van der Waals surface area contributed by atoms with Crippen molar-refractivity contribution in [1.82, 2.24) is 24.6 Å². The van der Waals surface area contributed by atoms with Gasteiger partial charge in [-0.15, -0.1) is 0 Å². The first kappa shape index (κ1) is 18.6. The standard InChI is InChI=1S/C17H26N6O3S/c1-11-14(12(2)21-20-11)27(24,25)23-9-5-6-13(10-23)15-19-16(22-26-15)17(18)7-3-4-8-17/h13H,3-10,18H2,1-2H3,(H,20,21). The summed E-state index contributed by atoms with van der Waals surface area (Å²) < 4.78 is 33.2. The highest BCUT2D eigenvalue weighted by atomic mass is 32.2. The second-order valence-corrected chi connectivity index (χ2v) is 9.66. The maximum atomic E-state index is 13.1. The van der Waals surface area contributed by atoms with E-state index in [4.69, 9.17) is 10.3 Å². The maximum Gasteiger partial charge on any atom is 0.246 e. The molecule has 1 saturated heterocycles. The fourth-order valence-electron chi connectivity index (χ4n) is 4.24. The van der Waals surface area contributed by atoms with Crippen LogP contribution in [0.1, 0.15) is 67.5 Å². The molecule has 3 heterocycles. The van der Waals surface area contributed by atoms with Crippen molar-refractivity contribution in [2.45, 2.75) is 68.7 Å². The molecule has 1 saturated carbocycles. The van der Waals surface area contributed by atoms with E-state index in [9.17, 15) is 8.42 Å². The maximum absolute atomic E-state index is 13.1. The first-order valence-electron chi connectivity index (χ1n) is 9.46. The van der Waals surface area contributed by atoms with Gasteiger partial charge in [0.05, 0.1) is 22.8 Å². The van der Waals surface area contributed by atoms with Gasteiger partial charge in [-0.05, 0) is 39.5 Å². The molecule has 10 heteroatoms. The van der Waals surface area contributed by atoms with Crippen molar-refractivity contribution in [2.24, 2.45) is 5.73 Å². The van der Waals surface area contributed by atoms with Crippen molar-refractivity contribution in [1.29, 1.82) is 0 Å². The molecular formula is C17H26N6O3S. The van der Waals surface area contributed by atoms with Crippen LogP contribution in [-0.2, 0) is 15.6 Å². The van der Waals surface area contributed by atoms with Crippen molar-refractivity contribution >= 4 is 10.0 Å². The Morgan fingerprint density at radius 3 is 2.67 bits per heavy atom. The topological polar surface area (TPSA) is 131 Å². The quantitative estimate of drug-likeness (QED) is 0.807. The zero-order chi connectivity index (χ0) is 19.2. The minimum absolute atomic E-state index is 0.118. The molecule has 2 aromatic heterocycles. The lowest BCUT2D eigenvalue weighted by atomic mass is 9.97. The predicted molar refractivity (Wildman–Crippen MR) is 97.4 cm³/mol. The van der Waals surface area contributed by atoms with Crippen LogP contribution in [-0.4, -0.2) is 46.2 Å². The van der Waals surface area contributed by atoms with Crippen LogP contribution >= 0.6 is 0 Å². The first-order chi connectivity index (χ1) is 12.8. The van der Waals surface area contributed by atoms with E-state index < -0.39 is 15.6 Å². The molecule has 2 fully saturated rings. The molecule has 1 atom stereocenters. The normalized spacial score (nSPS) is 23.7. The summed E-state index contributed by atoms with van der Waals surface area (Å²) in [5, 5.41) is 10.9. The molecule has 148 valence electrons. The summed E-state index contributed by atoms with van der Waals surface area (Å²) in [4.78, 5) is 4.82. The fraction of sp³-hybridized carbons (Fsp3) is 0.706. The minimum Gasteiger partial charge on any atom is -0.339 e. The van der Waals surface area contributed by atoms with Crippen LogP contribution in [0.4, 0.5) is 0 Å². The Kier molecular flexibility index (Phi) is 4.59. The van der Waals surface area contributed by atoms with Crippen molar-refractivity contribution < 1.29 is 12.9 Å². The predicted octanol–water partition coefficient (Wildman–Crippen LogP) is 1.71. The van der Waals surface area contributed by atoms with Crippen molar-refractivity contribution in [2.75, 3.05) is 13.1 Å². The lowest BCUT2D eigenvalue weighted by Crippen LogP contribution is -2.39. The van der Waals surface area contributed by atoms with E-state index in [-0.39, 0.29) is 10.8 Å². The highest BCUT2D eigenvalue weighted by Gasteiger charge is 2.39. The van der Waals surface area contributed by atoms with E-state index in [1.54, 1.807) is 13.8 Å². The molecule has 3 N–H and O–H groups in total. The molecule has 1 unspecified atom stereocenters. The minimum atomic E-state index is -3.62. The van der Waals surface area contributed by atoms with Crippen LogP contribution in [0.5, 0.6) is 0 Å². The molecule has 9 nitrogen and oxygen atoms in total. The van der Waals surface area contributed by atoms with Crippen LogP contribution < -0.4 is 5.73 Å². The van der Waals surface area contributed by atoms with Gasteiger partial charge >= 0.3 is 0 Å². The zero-order valence-electron chi connectivity index (χ0n) is 15.7. The van der Waals surface area contributed by atoms with Crippen molar-refractivity contribution in [3.8, 4) is 0 Å². The Hall–Kier alpha value is -1.78. The first-order valence-corrected chi connectivity index (χ1v) is 10.9. The number of H-pyrrole nitrogens is 1. The summed E-state index contributed by atoms with van der Waals surface area (Å²) in [6.07, 6.45) is 5.41. The molecule has 2 aromatic rings. The van der Waals surface area contributed by atoms with Gasteiger partial charge in [0.2, 0.25) is 15.9 Å². The monoisotopic (exact) mass is 394 g/mol. The molecule has 0 spiro atoms. The Balaban J connectivity index is 1.56. The number of nitrogens with zero attached hydrogens (tertiary/aromatic N) is 4. The summed E-state index contributed by atoms with van der Waals surface area (Å²) in [7, 11) is -3.62. The highest BCUT2D eigenvalue weighted by molar-refractivity contribution is 7.89. The van der Waals surface area contributed by atoms with Gasteiger partial charge in [0.15, 0.2) is 5.82 Å². The van der Waals surface area contributed by atoms with E-state index in [1.807, 2.05) is 0 Å². The fourth-order valence-corrected chi connectivity index (χ4v) is 6.10. The molecule has 0 bridgehead atoms. The van der Waals surface area contributed by atoms with Crippen LogP contribution in [0.2, 0.25) is 0 Å². The van der Waals surface area contributed by atoms with E-state index in [1.165, 1.54) is 4.31 Å². The van der Waals surface area contributed by atoms with Crippen LogP contribution in [0.25, 0.3) is 0 Å². The number of aryl methyl sites for hydroxylation is 2. The molecule has 1 aliphatic heterocycles. The summed E-state index contributed by atoms with van der Waals surface area (Å²) >= 11 is 0. The summed E-state index contributed by atoms with van der Waals surface area (Å²) in [6.45, 7) is 4.22. The van der Waals surface area contributed by atoms with Gasteiger partial charge in [-0.25, -0.2) is 8.42 Å². The number of aromatic nitrogens is 4. The number of hydrogen-bond donors (Lipinski definition) is 2. The van der Waals surface area contributed by atoms with Gasteiger partial charge in [-0.3, -0.25) is 5.10 Å².